The normalized spacial score (nSPS) is 13.6. The third-order valence-corrected chi connectivity index (χ3v) is 2.89. The van der Waals surface area contributed by atoms with Gasteiger partial charge in [0, 0.05) is 6.04 Å². The van der Waals surface area contributed by atoms with E-state index in [1.54, 1.807) is 6.07 Å². The van der Waals surface area contributed by atoms with E-state index in [9.17, 15) is 9.90 Å². The number of benzene rings is 1. The molecule has 4 nitrogen and oxygen atoms in total. The lowest BCUT2D eigenvalue weighted by atomic mass is 9.92. The van der Waals surface area contributed by atoms with Gasteiger partial charge in [-0.3, -0.25) is 0 Å². The Hall–Kier alpha value is -1.26. The quantitative estimate of drug-likeness (QED) is 0.776. The first-order chi connectivity index (χ1) is 7.47. The van der Waals surface area contributed by atoms with Crippen LogP contribution in [0.5, 0.6) is 5.75 Å². The Balaban J connectivity index is 0.00000256. The first-order valence-corrected chi connectivity index (χ1v) is 5.29. The molecule has 0 aromatic heterocycles. The fourth-order valence-electron chi connectivity index (χ4n) is 1.51. The van der Waals surface area contributed by atoms with Gasteiger partial charge in [0.25, 0.3) is 0 Å². The van der Waals surface area contributed by atoms with Crippen LogP contribution < -0.4 is 5.73 Å². The molecule has 0 fully saturated rings. The van der Waals surface area contributed by atoms with Gasteiger partial charge >= 0.3 is 5.97 Å². The molecule has 0 aliphatic heterocycles. The first kappa shape index (κ1) is 15.7. The number of carboxylic acid groups (broad SMARTS) is 1. The van der Waals surface area contributed by atoms with Gasteiger partial charge in [0.05, 0.1) is 0 Å². The Labute approximate surface area is 107 Å². The molecule has 4 N–H and O–H groups in total. The van der Waals surface area contributed by atoms with Crippen LogP contribution in [0.2, 0.25) is 0 Å². The maximum atomic E-state index is 10.8. The minimum Gasteiger partial charge on any atom is -0.507 e. The molecule has 1 unspecified atom stereocenters. The molecule has 0 radical (unpaired) electrons. The van der Waals surface area contributed by atoms with E-state index in [0.717, 1.165) is 12.0 Å². The zero-order valence-electron chi connectivity index (χ0n) is 9.88. The van der Waals surface area contributed by atoms with Gasteiger partial charge in [0.1, 0.15) is 11.3 Å². The third-order valence-electron chi connectivity index (χ3n) is 2.89. The van der Waals surface area contributed by atoms with Crippen LogP contribution in [0.3, 0.4) is 0 Å². The van der Waals surface area contributed by atoms with E-state index in [0.29, 0.717) is 0 Å². The summed E-state index contributed by atoms with van der Waals surface area (Å²) < 4.78 is 0. The summed E-state index contributed by atoms with van der Waals surface area (Å²) in [6, 6.07) is 4.28. The van der Waals surface area contributed by atoms with Crippen LogP contribution in [0.1, 0.15) is 42.2 Å². The molecule has 1 aromatic rings. The molecule has 0 saturated carbocycles. The summed E-state index contributed by atoms with van der Waals surface area (Å²) in [6.45, 7) is 4.04. The van der Waals surface area contributed by atoms with Crippen molar-refractivity contribution in [3.05, 3.63) is 29.3 Å². The van der Waals surface area contributed by atoms with Crippen molar-refractivity contribution in [3.63, 3.8) is 0 Å². The Morgan fingerprint density at radius 3 is 2.53 bits per heavy atom. The number of nitrogens with two attached hydrogens (primary N) is 1. The SMILES string of the molecule is CCC(C)[C@@H](N)c1ccc(O)c(C(=O)O)c1.Cl. The standard InChI is InChI=1S/C12H17NO3.ClH/c1-3-7(2)11(13)8-4-5-10(14)9(6-8)12(15)16;/h4-7,11,14H,3,13H2,1-2H3,(H,15,16);1H/t7?,11-;/m1./s1. The Kier molecular flexibility index (Phi) is 5.99. The first-order valence-electron chi connectivity index (χ1n) is 5.29. The van der Waals surface area contributed by atoms with Crippen LogP contribution in [0.15, 0.2) is 18.2 Å². The van der Waals surface area contributed by atoms with Crippen LogP contribution in [0.25, 0.3) is 0 Å². The van der Waals surface area contributed by atoms with Crippen molar-refractivity contribution in [3.8, 4) is 5.75 Å². The van der Waals surface area contributed by atoms with E-state index >= 15 is 0 Å². The van der Waals surface area contributed by atoms with Crippen LogP contribution in [0, 0.1) is 5.92 Å². The highest BCUT2D eigenvalue weighted by Gasteiger charge is 2.17. The topological polar surface area (TPSA) is 83.5 Å². The van der Waals surface area contributed by atoms with Gasteiger partial charge in [-0.05, 0) is 23.6 Å². The number of rotatable bonds is 4. The second-order valence-corrected chi connectivity index (χ2v) is 3.99. The van der Waals surface area contributed by atoms with Gasteiger partial charge in [0.15, 0.2) is 0 Å². The Morgan fingerprint density at radius 1 is 1.47 bits per heavy atom. The molecule has 0 aliphatic rings. The molecule has 1 rings (SSSR count). The second kappa shape index (κ2) is 6.47. The lowest BCUT2D eigenvalue weighted by Crippen LogP contribution is -2.18. The van der Waals surface area contributed by atoms with Gasteiger partial charge in [-0.25, -0.2) is 4.79 Å². The number of aromatic hydroxyl groups is 1. The van der Waals surface area contributed by atoms with E-state index in [1.165, 1.54) is 12.1 Å². The summed E-state index contributed by atoms with van der Waals surface area (Å²) >= 11 is 0. The number of halogens is 1. The minimum atomic E-state index is -1.14. The van der Waals surface area contributed by atoms with Gasteiger partial charge in [-0.1, -0.05) is 26.3 Å². The van der Waals surface area contributed by atoms with Crippen molar-refractivity contribution < 1.29 is 15.0 Å². The van der Waals surface area contributed by atoms with Crippen molar-refractivity contribution in [2.24, 2.45) is 11.7 Å². The van der Waals surface area contributed by atoms with E-state index in [-0.39, 0.29) is 35.7 Å². The number of phenols is 1. The van der Waals surface area contributed by atoms with Crippen LogP contribution >= 0.6 is 12.4 Å². The predicted molar refractivity (Wildman–Crippen MR) is 68.7 cm³/mol. The van der Waals surface area contributed by atoms with Gasteiger partial charge < -0.3 is 15.9 Å². The van der Waals surface area contributed by atoms with Crippen LogP contribution in [-0.2, 0) is 0 Å². The van der Waals surface area contributed by atoms with Crippen molar-refractivity contribution >= 4 is 18.4 Å². The molecule has 17 heavy (non-hydrogen) atoms. The fourth-order valence-corrected chi connectivity index (χ4v) is 1.51. The molecule has 1 aromatic carbocycles. The minimum absolute atomic E-state index is 0. The molecule has 0 bridgehead atoms. The maximum Gasteiger partial charge on any atom is 0.339 e. The lowest BCUT2D eigenvalue weighted by molar-refractivity contribution is 0.0693. The summed E-state index contributed by atoms with van der Waals surface area (Å²) in [4.78, 5) is 10.8. The number of aromatic carboxylic acids is 1. The highest BCUT2D eigenvalue weighted by Crippen LogP contribution is 2.26. The molecule has 96 valence electrons. The smallest absolute Gasteiger partial charge is 0.339 e. The molecular formula is C12H18ClNO3. The number of carbonyl (C=O) groups is 1. The number of hydrogen-bond acceptors (Lipinski definition) is 3. The Morgan fingerprint density at radius 2 is 2.06 bits per heavy atom. The van der Waals surface area contributed by atoms with Crippen molar-refractivity contribution in [1.82, 2.24) is 0 Å². The molecule has 0 spiro atoms. The summed E-state index contributed by atoms with van der Waals surface area (Å²) in [5.74, 6) is -1.10. The van der Waals surface area contributed by atoms with Crippen molar-refractivity contribution in [2.45, 2.75) is 26.3 Å². The van der Waals surface area contributed by atoms with Crippen LogP contribution in [0.4, 0.5) is 0 Å². The average Bonchev–Trinajstić information content (AvgIpc) is 2.27. The molecule has 0 saturated heterocycles. The van der Waals surface area contributed by atoms with E-state index in [2.05, 4.69) is 0 Å². The third kappa shape index (κ3) is 3.61. The molecule has 0 amide bonds. The number of carboxylic acids is 1. The summed E-state index contributed by atoms with van der Waals surface area (Å²) in [7, 11) is 0. The fraction of sp³-hybridized carbons (Fsp3) is 0.417. The van der Waals surface area contributed by atoms with Crippen molar-refractivity contribution in [2.75, 3.05) is 0 Å². The summed E-state index contributed by atoms with van der Waals surface area (Å²) in [6.07, 6.45) is 0.921. The molecule has 0 aliphatic carbocycles. The average molecular weight is 260 g/mol. The number of hydrogen-bond donors (Lipinski definition) is 3. The monoisotopic (exact) mass is 259 g/mol. The second-order valence-electron chi connectivity index (χ2n) is 3.99. The summed E-state index contributed by atoms with van der Waals surface area (Å²) in [5.41, 5.74) is 6.63. The largest absolute Gasteiger partial charge is 0.507 e. The highest BCUT2D eigenvalue weighted by molar-refractivity contribution is 5.90. The maximum absolute atomic E-state index is 10.8. The highest BCUT2D eigenvalue weighted by atomic mass is 35.5. The molecular weight excluding hydrogens is 242 g/mol. The molecule has 0 heterocycles. The Bertz CT molecular complexity index is 395. The molecule has 2 atom stereocenters. The van der Waals surface area contributed by atoms with E-state index in [4.69, 9.17) is 10.8 Å². The van der Waals surface area contributed by atoms with E-state index in [1.807, 2.05) is 13.8 Å². The zero-order chi connectivity index (χ0) is 12.3. The van der Waals surface area contributed by atoms with Crippen LogP contribution in [-0.4, -0.2) is 16.2 Å². The van der Waals surface area contributed by atoms with Gasteiger partial charge in [-0.15, -0.1) is 12.4 Å². The van der Waals surface area contributed by atoms with Gasteiger partial charge in [-0.2, -0.15) is 0 Å². The zero-order valence-corrected chi connectivity index (χ0v) is 10.7. The predicted octanol–water partition coefficient (Wildman–Crippen LogP) is 2.56. The molecule has 5 heteroatoms. The van der Waals surface area contributed by atoms with Gasteiger partial charge in [0.2, 0.25) is 0 Å². The van der Waals surface area contributed by atoms with E-state index < -0.39 is 5.97 Å². The van der Waals surface area contributed by atoms with Crippen molar-refractivity contribution in [1.29, 1.82) is 0 Å². The lowest BCUT2D eigenvalue weighted by Gasteiger charge is -2.19. The summed E-state index contributed by atoms with van der Waals surface area (Å²) in [5, 5.41) is 18.2.